The van der Waals surface area contributed by atoms with Crippen molar-refractivity contribution in [1.82, 2.24) is 5.32 Å². The van der Waals surface area contributed by atoms with Crippen LogP contribution in [0.2, 0.25) is 0 Å². The lowest BCUT2D eigenvalue weighted by Crippen LogP contribution is -2.46. The van der Waals surface area contributed by atoms with Gasteiger partial charge in [0.25, 0.3) is 0 Å². The Morgan fingerprint density at radius 1 is 0.536 bits per heavy atom. The van der Waals surface area contributed by atoms with E-state index in [9.17, 15) is 19.8 Å². The summed E-state index contributed by atoms with van der Waals surface area (Å²) in [7, 11) is 0. The van der Waals surface area contributed by atoms with Crippen molar-refractivity contribution in [1.29, 1.82) is 0 Å². The Hall–Kier alpha value is -3.22. The van der Waals surface area contributed by atoms with Gasteiger partial charge in [-0.15, -0.1) is 0 Å². The van der Waals surface area contributed by atoms with Crippen molar-refractivity contribution in [2.75, 3.05) is 6.61 Å². The molecule has 3 unspecified atom stereocenters. The molecule has 0 saturated carbocycles. The fourth-order valence-corrected chi connectivity index (χ4v) is 6.21. The molecule has 0 rings (SSSR count). The van der Waals surface area contributed by atoms with E-state index in [1.165, 1.54) is 38.5 Å². The van der Waals surface area contributed by atoms with Gasteiger partial charge in [0.05, 0.1) is 25.2 Å². The minimum Gasteiger partial charge on any atom is -0.462 e. The second-order valence-corrected chi connectivity index (χ2v) is 14.9. The lowest BCUT2D eigenvalue weighted by atomic mass is 10.0. The van der Waals surface area contributed by atoms with Crippen LogP contribution in [-0.2, 0) is 14.3 Å². The number of rotatable bonds is 38. The minimum atomic E-state index is -0.804. The standard InChI is InChI=1S/C50H83NO5/c1-4-7-10-13-16-19-21-23-24-26-28-31-34-37-40-43-50(55)56-46(41-38-35-32-30-27-25-22-20-17-14-11-8-5-2)44-49(54)51-47(45-52)48(53)42-39-36-33-29-18-15-12-9-6-3/h7-8,10-11,13-14,16-17,19-24,26,28,46-48,52-53H,4-6,9,12,15,18,25,27,29-45H2,1-3H3,(H,51,54)/b10-7+,11-8+,16-13+,17-14+,21-19-,22-20+,24-23-,28-26+. The van der Waals surface area contributed by atoms with Gasteiger partial charge in [-0.3, -0.25) is 9.59 Å². The Balaban J connectivity index is 4.75. The molecule has 6 heteroatoms. The van der Waals surface area contributed by atoms with Crippen molar-refractivity contribution in [2.24, 2.45) is 0 Å². The summed E-state index contributed by atoms with van der Waals surface area (Å²) in [5.74, 6) is -0.557. The first-order valence-electron chi connectivity index (χ1n) is 22.6. The van der Waals surface area contributed by atoms with Gasteiger partial charge in [-0.25, -0.2) is 0 Å². The first-order chi connectivity index (χ1) is 27.5. The SMILES string of the molecule is CC/C=C/C=C/C=C\C=C/C=C/CCCCCC(=O)OC(CCCCCCC/C=C/C=C/C=C/CC)CC(=O)NC(CO)C(O)CCCCCCCCCCC. The molecule has 3 N–H and O–H groups in total. The number of unbranched alkanes of at least 4 members (excludes halogenated alkanes) is 16. The fraction of sp³-hybridized carbons (Fsp3) is 0.640. The smallest absolute Gasteiger partial charge is 0.306 e. The second kappa shape index (κ2) is 42.9. The number of carbonyl (C=O) groups excluding carboxylic acids is 2. The van der Waals surface area contributed by atoms with Gasteiger partial charge in [-0.2, -0.15) is 0 Å². The van der Waals surface area contributed by atoms with Gasteiger partial charge in [0.15, 0.2) is 0 Å². The maximum atomic E-state index is 13.1. The van der Waals surface area contributed by atoms with E-state index < -0.39 is 18.2 Å². The molecular formula is C50H83NO5. The average Bonchev–Trinajstić information content (AvgIpc) is 3.19. The number of hydrogen-bond donors (Lipinski definition) is 3. The normalized spacial score (nSPS) is 14.3. The van der Waals surface area contributed by atoms with Crippen molar-refractivity contribution in [3.8, 4) is 0 Å². The molecule has 0 aromatic rings. The summed E-state index contributed by atoms with van der Waals surface area (Å²) in [4.78, 5) is 26.0. The van der Waals surface area contributed by atoms with Crippen LogP contribution in [0.1, 0.15) is 181 Å². The van der Waals surface area contributed by atoms with Crippen LogP contribution in [0.5, 0.6) is 0 Å². The van der Waals surface area contributed by atoms with Crippen LogP contribution in [0.25, 0.3) is 0 Å². The molecule has 0 bridgehead atoms. The summed E-state index contributed by atoms with van der Waals surface area (Å²) >= 11 is 0. The predicted molar refractivity (Wildman–Crippen MR) is 240 cm³/mol. The van der Waals surface area contributed by atoms with E-state index in [2.05, 4.69) is 80.8 Å². The van der Waals surface area contributed by atoms with Crippen LogP contribution < -0.4 is 5.32 Å². The van der Waals surface area contributed by atoms with Gasteiger partial charge in [0, 0.05) is 6.42 Å². The van der Waals surface area contributed by atoms with Gasteiger partial charge in [-0.05, 0) is 64.2 Å². The first-order valence-corrected chi connectivity index (χ1v) is 22.6. The summed E-state index contributed by atoms with van der Waals surface area (Å²) in [6.07, 6.45) is 56.0. The molecule has 1 amide bonds. The van der Waals surface area contributed by atoms with Crippen LogP contribution in [0.15, 0.2) is 97.2 Å². The summed E-state index contributed by atoms with van der Waals surface area (Å²) in [6.45, 7) is 6.15. The Labute approximate surface area is 344 Å². The van der Waals surface area contributed by atoms with Crippen molar-refractivity contribution in [3.05, 3.63) is 97.2 Å². The van der Waals surface area contributed by atoms with Crippen LogP contribution in [-0.4, -0.2) is 46.9 Å². The van der Waals surface area contributed by atoms with Crippen molar-refractivity contribution < 1.29 is 24.5 Å². The Bertz CT molecular complexity index is 1140. The molecule has 318 valence electrons. The third-order valence-corrected chi connectivity index (χ3v) is 9.60. The predicted octanol–water partition coefficient (Wildman–Crippen LogP) is 13.0. The lowest BCUT2D eigenvalue weighted by Gasteiger charge is -2.24. The van der Waals surface area contributed by atoms with Gasteiger partial charge in [-0.1, -0.05) is 201 Å². The van der Waals surface area contributed by atoms with Crippen LogP contribution in [0, 0.1) is 0 Å². The quantitative estimate of drug-likeness (QED) is 0.0330. The summed E-state index contributed by atoms with van der Waals surface area (Å²) in [6, 6.07) is -0.721. The van der Waals surface area contributed by atoms with Crippen molar-refractivity contribution in [3.63, 3.8) is 0 Å². The van der Waals surface area contributed by atoms with Crippen molar-refractivity contribution >= 4 is 11.9 Å². The Kier molecular flexibility index (Phi) is 40.4. The molecule has 0 aromatic carbocycles. The summed E-state index contributed by atoms with van der Waals surface area (Å²) in [5, 5.41) is 23.6. The third kappa shape index (κ3) is 37.7. The molecule has 0 heterocycles. The maximum Gasteiger partial charge on any atom is 0.306 e. The number of hydrogen-bond acceptors (Lipinski definition) is 5. The summed E-state index contributed by atoms with van der Waals surface area (Å²) in [5.41, 5.74) is 0. The molecule has 0 spiro atoms. The van der Waals surface area contributed by atoms with E-state index >= 15 is 0 Å². The highest BCUT2D eigenvalue weighted by Crippen LogP contribution is 2.17. The lowest BCUT2D eigenvalue weighted by molar-refractivity contribution is -0.151. The molecule has 0 saturated heterocycles. The van der Waals surface area contributed by atoms with E-state index in [-0.39, 0.29) is 24.9 Å². The number of amides is 1. The Morgan fingerprint density at radius 3 is 1.46 bits per heavy atom. The van der Waals surface area contributed by atoms with E-state index in [1.54, 1.807) is 0 Å². The highest BCUT2D eigenvalue weighted by atomic mass is 16.5. The highest BCUT2D eigenvalue weighted by Gasteiger charge is 2.24. The zero-order valence-electron chi connectivity index (χ0n) is 36.0. The van der Waals surface area contributed by atoms with Crippen LogP contribution >= 0.6 is 0 Å². The largest absolute Gasteiger partial charge is 0.462 e. The van der Waals surface area contributed by atoms with Gasteiger partial charge in [0.1, 0.15) is 6.10 Å². The maximum absolute atomic E-state index is 13.1. The number of allylic oxidation sites excluding steroid dienone is 16. The number of nitrogens with one attached hydrogen (secondary N) is 1. The molecular weight excluding hydrogens is 695 g/mol. The minimum absolute atomic E-state index is 0.0401. The highest BCUT2D eigenvalue weighted by molar-refractivity contribution is 5.77. The Morgan fingerprint density at radius 2 is 0.964 bits per heavy atom. The van der Waals surface area contributed by atoms with E-state index in [1.807, 2.05) is 42.5 Å². The third-order valence-electron chi connectivity index (χ3n) is 9.60. The zero-order valence-corrected chi connectivity index (χ0v) is 36.0. The molecule has 0 radical (unpaired) electrons. The van der Waals surface area contributed by atoms with E-state index in [0.29, 0.717) is 19.3 Å². The van der Waals surface area contributed by atoms with Crippen LogP contribution in [0.4, 0.5) is 0 Å². The number of carbonyl (C=O) groups is 2. The van der Waals surface area contributed by atoms with Gasteiger partial charge >= 0.3 is 5.97 Å². The second-order valence-electron chi connectivity index (χ2n) is 14.9. The number of aliphatic hydroxyl groups is 2. The topological polar surface area (TPSA) is 95.9 Å². The molecule has 0 aliphatic rings. The van der Waals surface area contributed by atoms with Crippen molar-refractivity contribution in [2.45, 2.75) is 200 Å². The first kappa shape index (κ1) is 52.8. The molecule has 6 nitrogen and oxygen atoms in total. The molecule has 56 heavy (non-hydrogen) atoms. The van der Waals surface area contributed by atoms with Gasteiger partial charge in [0.2, 0.25) is 5.91 Å². The zero-order chi connectivity index (χ0) is 41.0. The molecule has 0 aliphatic carbocycles. The van der Waals surface area contributed by atoms with E-state index in [0.717, 1.165) is 96.3 Å². The number of ether oxygens (including phenoxy) is 1. The van der Waals surface area contributed by atoms with E-state index in [4.69, 9.17) is 4.74 Å². The van der Waals surface area contributed by atoms with Crippen LogP contribution in [0.3, 0.4) is 0 Å². The monoisotopic (exact) mass is 778 g/mol. The van der Waals surface area contributed by atoms with Gasteiger partial charge < -0.3 is 20.3 Å². The molecule has 0 aromatic heterocycles. The average molecular weight is 778 g/mol. The summed E-state index contributed by atoms with van der Waals surface area (Å²) < 4.78 is 5.87. The number of esters is 1. The fourth-order valence-electron chi connectivity index (χ4n) is 6.21. The molecule has 3 atom stereocenters. The number of aliphatic hydroxyl groups excluding tert-OH is 2. The molecule has 0 fully saturated rings. The molecule has 0 aliphatic heterocycles.